The SMILES string of the molecule is CCCCCCCCC1c2cc3cc(CC=O)ccc3cc2C=CC1CC(Nc1ccc[nH]1)C(=CC(=O)O)CN=C(N)N. The predicted molar refractivity (Wildman–Crippen MR) is 176 cm³/mol. The van der Waals surface area contributed by atoms with E-state index in [1.165, 1.54) is 49.3 Å². The normalized spacial score (nSPS) is 16.9. The Bertz CT molecular complexity index is 1450. The second-order valence-electron chi connectivity index (χ2n) is 11.5. The first-order valence-corrected chi connectivity index (χ1v) is 15.4. The van der Waals surface area contributed by atoms with Crippen LogP contribution in [0.15, 0.2) is 71.4 Å². The first-order chi connectivity index (χ1) is 20.9. The number of carboxylic acid groups (broad SMARTS) is 1. The zero-order valence-electron chi connectivity index (χ0n) is 25.1. The number of guanidine groups is 1. The topological polar surface area (TPSA) is 147 Å². The Labute approximate surface area is 254 Å². The van der Waals surface area contributed by atoms with Crippen molar-refractivity contribution in [2.45, 2.75) is 76.7 Å². The van der Waals surface area contributed by atoms with Crippen molar-refractivity contribution in [3.05, 3.63) is 83.1 Å². The molecule has 0 saturated heterocycles. The van der Waals surface area contributed by atoms with Crippen LogP contribution < -0.4 is 16.8 Å². The van der Waals surface area contributed by atoms with Gasteiger partial charge in [-0.2, -0.15) is 0 Å². The number of carbonyl (C=O) groups is 2. The molecule has 228 valence electrons. The number of fused-ring (bicyclic) bond motifs is 2. The lowest BCUT2D eigenvalue weighted by Crippen LogP contribution is -2.31. The van der Waals surface area contributed by atoms with Crippen molar-refractivity contribution in [2.24, 2.45) is 22.4 Å². The molecule has 0 bridgehead atoms. The summed E-state index contributed by atoms with van der Waals surface area (Å²) in [7, 11) is 0. The number of allylic oxidation sites excluding steroid dienone is 1. The summed E-state index contributed by atoms with van der Waals surface area (Å²) in [5.74, 6) is 0.0929. The van der Waals surface area contributed by atoms with Crippen molar-refractivity contribution >= 4 is 40.9 Å². The molecule has 0 spiro atoms. The summed E-state index contributed by atoms with van der Waals surface area (Å²) in [6, 6.07) is 14.3. The molecular weight excluding hydrogens is 538 g/mol. The van der Waals surface area contributed by atoms with Gasteiger partial charge in [0.25, 0.3) is 0 Å². The minimum atomic E-state index is -1.04. The number of nitrogens with zero attached hydrogens (tertiary/aromatic N) is 1. The third kappa shape index (κ3) is 9.08. The second kappa shape index (κ2) is 15.8. The molecule has 4 rings (SSSR count). The molecule has 0 saturated carbocycles. The molecule has 3 atom stereocenters. The number of anilines is 1. The number of rotatable bonds is 17. The first-order valence-electron chi connectivity index (χ1n) is 15.4. The number of nitrogens with one attached hydrogen (secondary N) is 2. The fourth-order valence-corrected chi connectivity index (χ4v) is 6.20. The molecule has 1 heterocycles. The van der Waals surface area contributed by atoms with Gasteiger partial charge in [-0.25, -0.2) is 9.79 Å². The Balaban J connectivity index is 1.69. The van der Waals surface area contributed by atoms with Gasteiger partial charge in [0, 0.05) is 18.7 Å². The van der Waals surface area contributed by atoms with Gasteiger partial charge in [-0.05, 0) is 75.9 Å². The van der Waals surface area contributed by atoms with Crippen LogP contribution in [0.2, 0.25) is 0 Å². The van der Waals surface area contributed by atoms with Crippen molar-refractivity contribution in [1.29, 1.82) is 0 Å². The molecule has 2 aromatic carbocycles. The minimum absolute atomic E-state index is 0.0804. The Morgan fingerprint density at radius 2 is 1.91 bits per heavy atom. The largest absolute Gasteiger partial charge is 0.478 e. The Morgan fingerprint density at radius 1 is 1.09 bits per heavy atom. The highest BCUT2D eigenvalue weighted by atomic mass is 16.4. The summed E-state index contributed by atoms with van der Waals surface area (Å²) >= 11 is 0. The molecular formula is C35H45N5O3. The maximum Gasteiger partial charge on any atom is 0.328 e. The molecule has 1 aromatic heterocycles. The number of aldehydes is 1. The molecule has 1 aliphatic rings. The lowest BCUT2D eigenvalue weighted by molar-refractivity contribution is -0.131. The predicted octanol–water partition coefficient (Wildman–Crippen LogP) is 6.54. The quantitative estimate of drug-likeness (QED) is 0.0401. The number of aliphatic imine (C=N–C) groups is 1. The summed E-state index contributed by atoms with van der Waals surface area (Å²) in [6.07, 6.45) is 17.9. The molecule has 0 amide bonds. The lowest BCUT2D eigenvalue weighted by Gasteiger charge is -2.34. The first kappa shape index (κ1) is 31.6. The zero-order chi connectivity index (χ0) is 30.6. The number of nitrogens with two attached hydrogens (primary N) is 2. The minimum Gasteiger partial charge on any atom is -0.478 e. The van der Waals surface area contributed by atoms with Gasteiger partial charge in [-0.15, -0.1) is 0 Å². The fourth-order valence-electron chi connectivity index (χ4n) is 6.20. The molecule has 0 aliphatic heterocycles. The van der Waals surface area contributed by atoms with Crippen LogP contribution in [-0.2, 0) is 16.0 Å². The number of hydrogen-bond acceptors (Lipinski definition) is 4. The van der Waals surface area contributed by atoms with Crippen LogP contribution in [0.4, 0.5) is 5.82 Å². The number of carboxylic acids is 1. The number of carbonyl (C=O) groups excluding carboxylic acids is 1. The highest BCUT2D eigenvalue weighted by Gasteiger charge is 2.30. The van der Waals surface area contributed by atoms with E-state index in [1.807, 2.05) is 24.4 Å². The van der Waals surface area contributed by atoms with Gasteiger partial charge in [0.05, 0.1) is 12.6 Å². The monoisotopic (exact) mass is 583 g/mol. The van der Waals surface area contributed by atoms with E-state index >= 15 is 0 Å². The molecule has 8 nitrogen and oxygen atoms in total. The molecule has 7 N–H and O–H groups in total. The van der Waals surface area contributed by atoms with Crippen molar-refractivity contribution in [3.63, 3.8) is 0 Å². The smallest absolute Gasteiger partial charge is 0.328 e. The number of benzene rings is 2. The fraction of sp³-hybridized carbons (Fsp3) is 0.400. The van der Waals surface area contributed by atoms with E-state index in [-0.39, 0.29) is 30.4 Å². The van der Waals surface area contributed by atoms with Gasteiger partial charge in [-0.1, -0.05) is 81.9 Å². The van der Waals surface area contributed by atoms with Crippen molar-refractivity contribution in [2.75, 3.05) is 11.9 Å². The third-order valence-electron chi connectivity index (χ3n) is 8.37. The highest BCUT2D eigenvalue weighted by molar-refractivity contribution is 5.88. The molecule has 43 heavy (non-hydrogen) atoms. The Kier molecular flexibility index (Phi) is 11.6. The highest BCUT2D eigenvalue weighted by Crippen LogP contribution is 2.42. The number of aromatic nitrogens is 1. The molecule has 3 aromatic rings. The van der Waals surface area contributed by atoms with Crippen LogP contribution in [0.25, 0.3) is 16.8 Å². The molecule has 0 radical (unpaired) electrons. The zero-order valence-corrected chi connectivity index (χ0v) is 25.1. The maximum absolute atomic E-state index is 11.9. The van der Waals surface area contributed by atoms with E-state index in [0.29, 0.717) is 18.4 Å². The van der Waals surface area contributed by atoms with E-state index in [0.717, 1.165) is 41.3 Å². The Morgan fingerprint density at radius 3 is 2.63 bits per heavy atom. The lowest BCUT2D eigenvalue weighted by atomic mass is 9.73. The van der Waals surface area contributed by atoms with Crippen molar-refractivity contribution in [1.82, 2.24) is 4.98 Å². The number of H-pyrrole nitrogens is 1. The average Bonchev–Trinajstić information content (AvgIpc) is 3.49. The number of aromatic amines is 1. The van der Waals surface area contributed by atoms with Crippen molar-refractivity contribution < 1.29 is 14.7 Å². The molecule has 8 heteroatoms. The van der Waals surface area contributed by atoms with Gasteiger partial charge in [0.2, 0.25) is 0 Å². The van der Waals surface area contributed by atoms with Gasteiger partial charge >= 0.3 is 5.97 Å². The van der Waals surface area contributed by atoms with E-state index in [1.54, 1.807) is 0 Å². The van der Waals surface area contributed by atoms with Crippen LogP contribution in [0.5, 0.6) is 0 Å². The summed E-state index contributed by atoms with van der Waals surface area (Å²) in [4.78, 5) is 30.4. The van der Waals surface area contributed by atoms with Gasteiger partial charge in [0.1, 0.15) is 12.1 Å². The van der Waals surface area contributed by atoms with Gasteiger partial charge in [0.15, 0.2) is 5.96 Å². The van der Waals surface area contributed by atoms with Crippen LogP contribution in [0, 0.1) is 5.92 Å². The van der Waals surface area contributed by atoms with E-state index in [9.17, 15) is 14.7 Å². The summed E-state index contributed by atoms with van der Waals surface area (Å²) in [6.45, 7) is 2.32. The average molecular weight is 584 g/mol. The molecule has 0 fully saturated rings. The standard InChI is InChI=1S/C35H45N5O3/c1-2-3-4-5-6-7-9-30-27(14-13-26-19-25-12-11-24(15-17-41)18-28(25)20-31(26)30)21-32(40-33-10-8-16-38-33)29(22-34(42)43)23-39-35(36)37/h8,10-14,16-20,22,27,30,32,38,40H,2-7,9,15,21,23H2,1H3,(H,42,43)(H4,36,37,39). The van der Waals surface area contributed by atoms with Crippen molar-refractivity contribution in [3.8, 4) is 0 Å². The summed E-state index contributed by atoms with van der Waals surface area (Å²) < 4.78 is 0. The van der Waals surface area contributed by atoms with Crippen LogP contribution in [0.1, 0.15) is 80.9 Å². The summed E-state index contributed by atoms with van der Waals surface area (Å²) in [5, 5.41) is 15.5. The Hall–Kier alpha value is -4.33. The second-order valence-corrected chi connectivity index (χ2v) is 11.5. The van der Waals surface area contributed by atoms with Crippen LogP contribution in [-0.4, -0.2) is 40.9 Å². The number of hydrogen-bond donors (Lipinski definition) is 5. The van der Waals surface area contributed by atoms with E-state index in [4.69, 9.17) is 11.5 Å². The van der Waals surface area contributed by atoms with Gasteiger partial charge in [-0.3, -0.25) is 0 Å². The summed E-state index contributed by atoms with van der Waals surface area (Å²) in [5.41, 5.74) is 15.4. The van der Waals surface area contributed by atoms with E-state index < -0.39 is 5.97 Å². The third-order valence-corrected chi connectivity index (χ3v) is 8.37. The number of unbranched alkanes of at least 4 members (excludes halogenated alkanes) is 5. The van der Waals surface area contributed by atoms with Gasteiger partial charge < -0.3 is 31.7 Å². The number of aliphatic carboxylic acids is 1. The maximum atomic E-state index is 11.9. The van der Waals surface area contributed by atoms with E-state index in [2.05, 4.69) is 58.6 Å². The van der Waals surface area contributed by atoms with Crippen LogP contribution >= 0.6 is 0 Å². The molecule has 3 unspecified atom stereocenters. The van der Waals surface area contributed by atoms with Crippen LogP contribution in [0.3, 0.4) is 0 Å². The molecule has 1 aliphatic carbocycles.